The Balaban J connectivity index is 1.96. The third-order valence-electron chi connectivity index (χ3n) is 3.62. The van der Waals surface area contributed by atoms with Crippen LogP contribution in [0.15, 0.2) is 34.3 Å². The summed E-state index contributed by atoms with van der Waals surface area (Å²) >= 11 is 1.67. The molecule has 0 spiro atoms. The second-order valence-electron chi connectivity index (χ2n) is 5.36. The Kier molecular flexibility index (Phi) is 3.59. The van der Waals surface area contributed by atoms with Crippen molar-refractivity contribution in [1.29, 1.82) is 0 Å². The van der Waals surface area contributed by atoms with Gasteiger partial charge in [-0.05, 0) is 32.0 Å². The predicted molar refractivity (Wildman–Crippen MR) is 87.2 cm³/mol. The van der Waals surface area contributed by atoms with Gasteiger partial charge >= 0.3 is 0 Å². The van der Waals surface area contributed by atoms with Gasteiger partial charge in [0.1, 0.15) is 5.76 Å². The second kappa shape index (κ2) is 5.41. The zero-order valence-electron chi connectivity index (χ0n) is 12.8. The van der Waals surface area contributed by atoms with Gasteiger partial charge in [-0.2, -0.15) is 0 Å². The highest BCUT2D eigenvalue weighted by atomic mass is 32.1. The minimum Gasteiger partial charge on any atom is -0.467 e. The molecule has 110 valence electrons. The second-order valence-corrected chi connectivity index (χ2v) is 6.20. The lowest BCUT2D eigenvalue weighted by atomic mass is 10.2. The van der Waals surface area contributed by atoms with Crippen LogP contribution in [0.2, 0.25) is 0 Å². The molecule has 3 aromatic rings. The Morgan fingerprint density at radius 2 is 2.14 bits per heavy atom. The van der Waals surface area contributed by atoms with Gasteiger partial charge in [0, 0.05) is 36.4 Å². The van der Waals surface area contributed by atoms with Crippen molar-refractivity contribution in [3.05, 3.63) is 47.0 Å². The van der Waals surface area contributed by atoms with E-state index in [9.17, 15) is 0 Å². The minimum absolute atomic E-state index is 0.759. The molecule has 0 atom stereocenters. The fourth-order valence-corrected chi connectivity index (χ4v) is 3.21. The van der Waals surface area contributed by atoms with E-state index in [4.69, 9.17) is 9.40 Å². The smallest absolute Gasteiger partial charge is 0.185 e. The third-order valence-corrected chi connectivity index (χ3v) is 4.63. The van der Waals surface area contributed by atoms with Crippen LogP contribution in [-0.4, -0.2) is 23.6 Å². The van der Waals surface area contributed by atoms with Crippen LogP contribution in [0.5, 0.6) is 0 Å². The molecule has 0 radical (unpaired) electrons. The van der Waals surface area contributed by atoms with Crippen molar-refractivity contribution in [3.63, 3.8) is 0 Å². The van der Waals surface area contributed by atoms with Gasteiger partial charge in [0.15, 0.2) is 5.13 Å². The van der Waals surface area contributed by atoms with Gasteiger partial charge in [-0.1, -0.05) is 0 Å². The number of furan rings is 1. The predicted octanol–water partition coefficient (Wildman–Crippen LogP) is 3.94. The Labute approximate surface area is 128 Å². The highest BCUT2D eigenvalue weighted by Crippen LogP contribution is 2.31. The molecular weight excluding hydrogens is 282 g/mol. The van der Waals surface area contributed by atoms with Crippen molar-refractivity contribution in [2.45, 2.75) is 20.4 Å². The fraction of sp³-hybridized carbons (Fsp3) is 0.312. The zero-order valence-corrected chi connectivity index (χ0v) is 13.6. The quantitative estimate of drug-likeness (QED) is 0.732. The fourth-order valence-electron chi connectivity index (χ4n) is 2.46. The maximum absolute atomic E-state index is 5.46. The highest BCUT2D eigenvalue weighted by molar-refractivity contribution is 7.14. The zero-order chi connectivity index (χ0) is 15.0. The van der Waals surface area contributed by atoms with Crippen LogP contribution in [-0.2, 0) is 6.54 Å². The van der Waals surface area contributed by atoms with Crippen molar-refractivity contribution in [1.82, 2.24) is 9.55 Å². The normalized spacial score (nSPS) is 11.0. The van der Waals surface area contributed by atoms with E-state index in [2.05, 4.69) is 29.9 Å². The molecule has 0 saturated carbocycles. The number of hydrogen-bond acceptors (Lipinski definition) is 4. The molecule has 0 saturated heterocycles. The Morgan fingerprint density at radius 1 is 1.33 bits per heavy atom. The first-order chi connectivity index (χ1) is 10.1. The number of aromatic nitrogens is 2. The topological polar surface area (TPSA) is 34.2 Å². The summed E-state index contributed by atoms with van der Waals surface area (Å²) < 4.78 is 7.72. The maximum Gasteiger partial charge on any atom is 0.185 e. The lowest BCUT2D eigenvalue weighted by Crippen LogP contribution is -2.07. The van der Waals surface area contributed by atoms with E-state index < -0.39 is 0 Å². The highest BCUT2D eigenvalue weighted by Gasteiger charge is 2.15. The molecule has 4 nitrogen and oxygen atoms in total. The molecule has 0 aliphatic rings. The number of nitrogens with zero attached hydrogens (tertiary/aromatic N) is 3. The maximum atomic E-state index is 5.46. The van der Waals surface area contributed by atoms with E-state index in [1.807, 2.05) is 31.1 Å². The first-order valence-electron chi connectivity index (χ1n) is 6.88. The van der Waals surface area contributed by atoms with Gasteiger partial charge in [-0.3, -0.25) is 0 Å². The van der Waals surface area contributed by atoms with Crippen molar-refractivity contribution in [2.24, 2.45) is 0 Å². The van der Waals surface area contributed by atoms with Crippen LogP contribution >= 0.6 is 11.3 Å². The Hall–Kier alpha value is -2.01. The van der Waals surface area contributed by atoms with Crippen LogP contribution in [0.1, 0.15) is 17.1 Å². The van der Waals surface area contributed by atoms with Crippen LogP contribution < -0.4 is 4.90 Å². The van der Waals surface area contributed by atoms with Crippen molar-refractivity contribution < 1.29 is 4.42 Å². The standard InChI is InChI=1S/C16H19N3OS/c1-11-8-14(15-10-21-16(17-15)18(3)4)12(2)19(11)9-13-6-5-7-20-13/h5-8,10H,9H2,1-4H3. The largest absolute Gasteiger partial charge is 0.467 e. The van der Waals surface area contributed by atoms with Crippen LogP contribution in [0.25, 0.3) is 11.3 Å². The molecule has 3 rings (SSSR count). The molecule has 0 N–H and O–H groups in total. The third kappa shape index (κ3) is 2.61. The van der Waals surface area contributed by atoms with E-state index in [-0.39, 0.29) is 0 Å². The first kappa shape index (κ1) is 13.9. The molecule has 0 fully saturated rings. The SMILES string of the molecule is Cc1cc(-c2csc(N(C)C)n2)c(C)n1Cc1ccco1. The molecule has 0 bridgehead atoms. The van der Waals surface area contributed by atoms with Crippen molar-refractivity contribution in [2.75, 3.05) is 19.0 Å². The number of hydrogen-bond donors (Lipinski definition) is 0. The van der Waals surface area contributed by atoms with Crippen molar-refractivity contribution in [3.8, 4) is 11.3 Å². The molecule has 0 aliphatic carbocycles. The number of aryl methyl sites for hydroxylation is 1. The molecule has 5 heteroatoms. The average Bonchev–Trinajstić information content (AvgIpc) is 3.15. The summed E-state index contributed by atoms with van der Waals surface area (Å²) in [5.74, 6) is 0.968. The molecule has 0 amide bonds. The van der Waals surface area contributed by atoms with Gasteiger partial charge in [0.2, 0.25) is 0 Å². The monoisotopic (exact) mass is 301 g/mol. The summed E-state index contributed by atoms with van der Waals surface area (Å²) in [6.45, 7) is 5.02. The van der Waals surface area contributed by atoms with E-state index in [1.54, 1.807) is 17.6 Å². The molecule has 3 aromatic heterocycles. The number of thiazole rings is 1. The van der Waals surface area contributed by atoms with Crippen LogP contribution in [0.3, 0.4) is 0 Å². The Morgan fingerprint density at radius 3 is 2.76 bits per heavy atom. The molecule has 3 heterocycles. The number of rotatable bonds is 4. The summed E-state index contributed by atoms with van der Waals surface area (Å²) in [4.78, 5) is 6.74. The van der Waals surface area contributed by atoms with Crippen LogP contribution in [0.4, 0.5) is 5.13 Å². The summed E-state index contributed by atoms with van der Waals surface area (Å²) in [5, 5.41) is 3.15. The lowest BCUT2D eigenvalue weighted by molar-refractivity contribution is 0.489. The molecular formula is C16H19N3OS. The van der Waals surface area contributed by atoms with E-state index in [0.717, 1.165) is 23.1 Å². The summed E-state index contributed by atoms with van der Waals surface area (Å²) in [6, 6.07) is 6.13. The lowest BCUT2D eigenvalue weighted by Gasteiger charge is -2.07. The van der Waals surface area contributed by atoms with E-state index in [1.165, 1.54) is 17.0 Å². The van der Waals surface area contributed by atoms with E-state index >= 15 is 0 Å². The number of anilines is 1. The molecule has 0 aliphatic heterocycles. The Bertz CT molecular complexity index is 738. The summed E-state index contributed by atoms with van der Waals surface area (Å²) in [6.07, 6.45) is 1.72. The van der Waals surface area contributed by atoms with Gasteiger partial charge < -0.3 is 13.9 Å². The van der Waals surface area contributed by atoms with Gasteiger partial charge in [-0.15, -0.1) is 11.3 Å². The molecule has 0 aromatic carbocycles. The first-order valence-corrected chi connectivity index (χ1v) is 7.76. The molecule has 0 unspecified atom stereocenters. The minimum atomic E-state index is 0.759. The van der Waals surface area contributed by atoms with Gasteiger partial charge in [-0.25, -0.2) is 4.98 Å². The average molecular weight is 301 g/mol. The van der Waals surface area contributed by atoms with Crippen LogP contribution in [0, 0.1) is 13.8 Å². The summed E-state index contributed by atoms with van der Waals surface area (Å²) in [5.41, 5.74) is 4.68. The van der Waals surface area contributed by atoms with E-state index in [0.29, 0.717) is 0 Å². The molecule has 21 heavy (non-hydrogen) atoms. The van der Waals surface area contributed by atoms with Crippen molar-refractivity contribution >= 4 is 16.5 Å². The summed E-state index contributed by atoms with van der Waals surface area (Å²) in [7, 11) is 4.03. The van der Waals surface area contributed by atoms with Gasteiger partial charge in [0.25, 0.3) is 0 Å². The van der Waals surface area contributed by atoms with Gasteiger partial charge in [0.05, 0.1) is 18.5 Å².